The van der Waals surface area contributed by atoms with E-state index in [0.717, 1.165) is 22.6 Å². The van der Waals surface area contributed by atoms with Crippen LogP contribution in [0.2, 0.25) is 0 Å². The Hall–Kier alpha value is -1.58. The van der Waals surface area contributed by atoms with Gasteiger partial charge in [0.15, 0.2) is 5.88 Å². The first-order valence-electron chi connectivity index (χ1n) is 4.05. The van der Waals surface area contributed by atoms with Gasteiger partial charge in [-0.15, -0.1) is 0 Å². The Morgan fingerprint density at radius 2 is 2.15 bits per heavy atom. The highest BCUT2D eigenvalue weighted by molar-refractivity contribution is 5.79. The number of aryl methyl sites for hydroxylation is 2. The molecule has 68 valence electrons. The van der Waals surface area contributed by atoms with Gasteiger partial charge in [-0.05, 0) is 6.92 Å². The summed E-state index contributed by atoms with van der Waals surface area (Å²) in [6, 6.07) is 1.91. The minimum absolute atomic E-state index is 0.804. The van der Waals surface area contributed by atoms with E-state index < -0.39 is 0 Å². The first kappa shape index (κ1) is 8.04. The van der Waals surface area contributed by atoms with Gasteiger partial charge in [-0.1, -0.05) is 0 Å². The lowest BCUT2D eigenvalue weighted by Gasteiger charge is -2.02. The molecular weight excluding hydrogens is 166 g/mol. The van der Waals surface area contributed by atoms with Gasteiger partial charge in [0, 0.05) is 13.1 Å². The number of hydrogen-bond acceptors (Lipinski definition) is 3. The Morgan fingerprint density at radius 3 is 2.77 bits per heavy atom. The van der Waals surface area contributed by atoms with Gasteiger partial charge in [0.1, 0.15) is 6.33 Å². The van der Waals surface area contributed by atoms with E-state index in [4.69, 9.17) is 4.74 Å². The molecule has 2 rings (SSSR count). The maximum Gasteiger partial charge on any atom is 0.195 e. The number of aromatic nitrogens is 3. The van der Waals surface area contributed by atoms with E-state index in [1.165, 1.54) is 0 Å². The molecule has 0 fully saturated rings. The number of fused-ring (bicyclic) bond motifs is 1. The molecule has 0 bridgehead atoms. The highest BCUT2D eigenvalue weighted by Gasteiger charge is 2.08. The molecular formula is C9H11N3O. The van der Waals surface area contributed by atoms with Crippen molar-refractivity contribution in [2.75, 3.05) is 7.11 Å². The molecule has 0 aromatic carbocycles. The molecule has 0 atom stereocenters. The van der Waals surface area contributed by atoms with Gasteiger partial charge in [-0.25, -0.2) is 9.97 Å². The molecule has 0 aliphatic carbocycles. The molecule has 0 saturated heterocycles. The summed E-state index contributed by atoms with van der Waals surface area (Å²) < 4.78 is 7.13. The number of rotatable bonds is 1. The van der Waals surface area contributed by atoms with Crippen molar-refractivity contribution >= 4 is 11.0 Å². The summed E-state index contributed by atoms with van der Waals surface area (Å²) in [5, 5.41) is 0. The lowest BCUT2D eigenvalue weighted by atomic mass is 10.3. The Bertz CT molecular complexity index is 447. The van der Waals surface area contributed by atoms with Gasteiger partial charge < -0.3 is 9.30 Å². The maximum absolute atomic E-state index is 5.18. The fourth-order valence-electron chi connectivity index (χ4n) is 1.53. The van der Waals surface area contributed by atoms with Crippen LogP contribution in [0.5, 0.6) is 5.88 Å². The van der Waals surface area contributed by atoms with Crippen molar-refractivity contribution in [1.29, 1.82) is 0 Å². The van der Waals surface area contributed by atoms with Gasteiger partial charge in [-0.2, -0.15) is 0 Å². The summed E-state index contributed by atoms with van der Waals surface area (Å²) in [5.74, 6) is 0.804. The van der Waals surface area contributed by atoms with Crippen molar-refractivity contribution in [2.45, 2.75) is 6.92 Å². The largest absolute Gasteiger partial charge is 0.482 e. The van der Waals surface area contributed by atoms with Crippen LogP contribution in [0.4, 0.5) is 0 Å². The van der Waals surface area contributed by atoms with Crippen LogP contribution in [0.15, 0.2) is 12.4 Å². The molecule has 2 aromatic rings. The van der Waals surface area contributed by atoms with E-state index >= 15 is 0 Å². The van der Waals surface area contributed by atoms with Gasteiger partial charge in [0.05, 0.1) is 23.8 Å². The Balaban J connectivity index is 2.85. The van der Waals surface area contributed by atoms with Crippen LogP contribution in [-0.2, 0) is 7.05 Å². The van der Waals surface area contributed by atoms with E-state index in [1.54, 1.807) is 13.4 Å². The monoisotopic (exact) mass is 177 g/mol. The van der Waals surface area contributed by atoms with Crippen LogP contribution in [0.3, 0.4) is 0 Å². The van der Waals surface area contributed by atoms with Crippen molar-refractivity contribution in [2.24, 2.45) is 7.05 Å². The molecule has 2 heterocycles. The third-order valence-corrected chi connectivity index (χ3v) is 2.17. The predicted molar refractivity (Wildman–Crippen MR) is 49.8 cm³/mol. The summed E-state index contributed by atoms with van der Waals surface area (Å²) >= 11 is 0. The van der Waals surface area contributed by atoms with Crippen molar-refractivity contribution in [3.05, 3.63) is 18.1 Å². The Labute approximate surface area is 76.2 Å². The van der Waals surface area contributed by atoms with Gasteiger partial charge >= 0.3 is 0 Å². The Morgan fingerprint density at radius 1 is 1.38 bits per heavy atom. The van der Waals surface area contributed by atoms with Crippen LogP contribution in [-0.4, -0.2) is 21.6 Å². The Kier molecular flexibility index (Phi) is 1.69. The van der Waals surface area contributed by atoms with Crippen LogP contribution in [0.25, 0.3) is 11.0 Å². The third kappa shape index (κ3) is 1.06. The predicted octanol–water partition coefficient (Wildman–Crippen LogP) is 1.29. The molecule has 0 radical (unpaired) electrons. The standard InChI is InChI=1S/C9H11N3O/c1-6-9-7(11-5-10-6)4-8(13-3)12(9)2/h4-5H,1-3H3. The maximum atomic E-state index is 5.18. The summed E-state index contributed by atoms with van der Waals surface area (Å²) in [6.45, 7) is 1.96. The van der Waals surface area contributed by atoms with E-state index in [0.29, 0.717) is 0 Å². The van der Waals surface area contributed by atoms with Gasteiger partial charge in [0.2, 0.25) is 0 Å². The minimum atomic E-state index is 0.804. The smallest absolute Gasteiger partial charge is 0.195 e. The highest BCUT2D eigenvalue weighted by atomic mass is 16.5. The zero-order chi connectivity index (χ0) is 9.42. The van der Waals surface area contributed by atoms with E-state index in [1.807, 2.05) is 24.6 Å². The topological polar surface area (TPSA) is 39.9 Å². The van der Waals surface area contributed by atoms with Crippen LogP contribution in [0.1, 0.15) is 5.69 Å². The fraction of sp³-hybridized carbons (Fsp3) is 0.333. The molecule has 0 N–H and O–H groups in total. The molecule has 0 amide bonds. The zero-order valence-corrected chi connectivity index (χ0v) is 7.90. The van der Waals surface area contributed by atoms with Crippen LogP contribution >= 0.6 is 0 Å². The molecule has 0 aliphatic heterocycles. The second kappa shape index (κ2) is 2.73. The van der Waals surface area contributed by atoms with Crippen molar-refractivity contribution in [3.8, 4) is 5.88 Å². The van der Waals surface area contributed by atoms with E-state index in [-0.39, 0.29) is 0 Å². The molecule has 4 nitrogen and oxygen atoms in total. The van der Waals surface area contributed by atoms with Crippen LogP contribution in [0, 0.1) is 6.92 Å². The quantitative estimate of drug-likeness (QED) is 0.658. The molecule has 0 spiro atoms. The molecule has 13 heavy (non-hydrogen) atoms. The average Bonchev–Trinajstić information content (AvgIpc) is 2.44. The van der Waals surface area contributed by atoms with E-state index in [9.17, 15) is 0 Å². The average molecular weight is 177 g/mol. The SMILES string of the molecule is COc1cc2ncnc(C)c2n1C. The highest BCUT2D eigenvalue weighted by Crippen LogP contribution is 2.23. The third-order valence-electron chi connectivity index (χ3n) is 2.17. The number of ether oxygens (including phenoxy) is 1. The minimum Gasteiger partial charge on any atom is -0.482 e. The lowest BCUT2D eigenvalue weighted by Crippen LogP contribution is -1.95. The molecule has 4 heteroatoms. The number of hydrogen-bond donors (Lipinski definition) is 0. The second-order valence-electron chi connectivity index (χ2n) is 2.94. The lowest BCUT2D eigenvalue weighted by molar-refractivity contribution is 0.384. The van der Waals surface area contributed by atoms with Gasteiger partial charge in [-0.3, -0.25) is 0 Å². The first-order chi connectivity index (χ1) is 6.24. The summed E-state index contributed by atoms with van der Waals surface area (Å²) in [7, 11) is 3.59. The number of nitrogens with zero attached hydrogens (tertiary/aromatic N) is 3. The number of methoxy groups -OCH3 is 1. The summed E-state index contributed by atoms with van der Waals surface area (Å²) in [6.07, 6.45) is 1.57. The fourth-order valence-corrected chi connectivity index (χ4v) is 1.53. The van der Waals surface area contributed by atoms with Gasteiger partial charge in [0.25, 0.3) is 0 Å². The van der Waals surface area contributed by atoms with Crippen molar-refractivity contribution in [1.82, 2.24) is 14.5 Å². The molecule has 0 unspecified atom stereocenters. The molecule has 0 aliphatic rings. The summed E-state index contributed by atoms with van der Waals surface area (Å²) in [4.78, 5) is 8.29. The molecule has 2 aromatic heterocycles. The second-order valence-corrected chi connectivity index (χ2v) is 2.94. The van der Waals surface area contributed by atoms with E-state index in [2.05, 4.69) is 9.97 Å². The zero-order valence-electron chi connectivity index (χ0n) is 7.90. The van der Waals surface area contributed by atoms with Crippen molar-refractivity contribution in [3.63, 3.8) is 0 Å². The normalized spacial score (nSPS) is 10.7. The summed E-state index contributed by atoms with van der Waals surface area (Å²) in [5.41, 5.74) is 2.92. The first-order valence-corrected chi connectivity index (χ1v) is 4.05. The molecule has 0 saturated carbocycles. The van der Waals surface area contributed by atoms with Crippen molar-refractivity contribution < 1.29 is 4.74 Å². The van der Waals surface area contributed by atoms with Crippen LogP contribution < -0.4 is 4.74 Å².